The molecule has 3 nitrogen and oxygen atoms in total. The molecule has 0 aliphatic carbocycles. The summed E-state index contributed by atoms with van der Waals surface area (Å²) in [7, 11) is 0. The summed E-state index contributed by atoms with van der Waals surface area (Å²) >= 11 is 6.80. The predicted molar refractivity (Wildman–Crippen MR) is 82.3 cm³/mol. The highest BCUT2D eigenvalue weighted by Crippen LogP contribution is 2.22. The van der Waals surface area contributed by atoms with Crippen LogP contribution in [0.2, 0.25) is 0 Å². The lowest BCUT2D eigenvalue weighted by molar-refractivity contribution is 0.0538. The van der Waals surface area contributed by atoms with Crippen LogP contribution in [0.4, 0.5) is 0 Å². The van der Waals surface area contributed by atoms with Crippen LogP contribution in [0.15, 0.2) is 27.1 Å². The van der Waals surface area contributed by atoms with E-state index in [0.717, 1.165) is 35.0 Å². The zero-order valence-electron chi connectivity index (χ0n) is 10.8. The van der Waals surface area contributed by atoms with E-state index in [1.54, 1.807) is 0 Å². The second-order valence-electron chi connectivity index (χ2n) is 4.87. The number of rotatable bonds is 3. The SMILES string of the molecule is CC(NC(=O)c1cc(Br)cc(Br)c1)C1CCOCC1. The van der Waals surface area contributed by atoms with Gasteiger partial charge in [-0.3, -0.25) is 4.79 Å². The molecule has 0 saturated carbocycles. The second kappa shape index (κ2) is 6.86. The third kappa shape index (κ3) is 4.29. The van der Waals surface area contributed by atoms with E-state index < -0.39 is 0 Å². The Bertz CT molecular complexity index is 439. The summed E-state index contributed by atoms with van der Waals surface area (Å²) in [6.45, 7) is 3.67. The van der Waals surface area contributed by atoms with Crippen molar-refractivity contribution >= 4 is 37.8 Å². The first-order chi connectivity index (χ1) is 9.06. The summed E-state index contributed by atoms with van der Waals surface area (Å²) in [5.74, 6) is 0.481. The van der Waals surface area contributed by atoms with Crippen molar-refractivity contribution in [3.05, 3.63) is 32.7 Å². The first-order valence-electron chi connectivity index (χ1n) is 6.41. The van der Waals surface area contributed by atoms with Gasteiger partial charge < -0.3 is 10.1 Å². The van der Waals surface area contributed by atoms with Gasteiger partial charge in [0.25, 0.3) is 5.91 Å². The van der Waals surface area contributed by atoms with Crippen LogP contribution in [0, 0.1) is 5.92 Å². The average molecular weight is 391 g/mol. The smallest absolute Gasteiger partial charge is 0.251 e. The van der Waals surface area contributed by atoms with Gasteiger partial charge in [-0.2, -0.15) is 0 Å². The van der Waals surface area contributed by atoms with Crippen molar-refractivity contribution in [1.82, 2.24) is 5.32 Å². The van der Waals surface area contributed by atoms with Crippen molar-refractivity contribution in [2.75, 3.05) is 13.2 Å². The highest BCUT2D eigenvalue weighted by atomic mass is 79.9. The number of amides is 1. The van der Waals surface area contributed by atoms with E-state index >= 15 is 0 Å². The average Bonchev–Trinajstić information content (AvgIpc) is 2.38. The van der Waals surface area contributed by atoms with Gasteiger partial charge in [0.1, 0.15) is 0 Å². The maximum Gasteiger partial charge on any atom is 0.251 e. The summed E-state index contributed by atoms with van der Waals surface area (Å²) in [6.07, 6.45) is 2.03. The molecule has 0 radical (unpaired) electrons. The van der Waals surface area contributed by atoms with Crippen LogP contribution in [-0.2, 0) is 4.74 Å². The van der Waals surface area contributed by atoms with Gasteiger partial charge in [0.15, 0.2) is 0 Å². The minimum atomic E-state index is -0.0269. The fourth-order valence-electron chi connectivity index (χ4n) is 2.31. The van der Waals surface area contributed by atoms with Crippen molar-refractivity contribution in [1.29, 1.82) is 0 Å². The Morgan fingerprint density at radius 3 is 2.42 bits per heavy atom. The third-order valence-corrected chi connectivity index (χ3v) is 4.37. The standard InChI is InChI=1S/C14H17Br2NO2/c1-9(10-2-4-19-5-3-10)17-14(18)11-6-12(15)8-13(16)7-11/h6-10H,2-5H2,1H3,(H,17,18). The van der Waals surface area contributed by atoms with Crippen LogP contribution < -0.4 is 5.32 Å². The first-order valence-corrected chi connectivity index (χ1v) is 7.99. The van der Waals surface area contributed by atoms with E-state index in [2.05, 4.69) is 44.1 Å². The fourth-order valence-corrected chi connectivity index (χ4v) is 3.60. The van der Waals surface area contributed by atoms with Crippen LogP contribution in [0.5, 0.6) is 0 Å². The summed E-state index contributed by atoms with van der Waals surface area (Å²) in [5.41, 5.74) is 0.667. The molecule has 0 spiro atoms. The zero-order valence-corrected chi connectivity index (χ0v) is 14.0. The molecule has 1 aromatic rings. The van der Waals surface area contributed by atoms with Crippen molar-refractivity contribution < 1.29 is 9.53 Å². The molecule has 1 N–H and O–H groups in total. The van der Waals surface area contributed by atoms with E-state index in [0.29, 0.717) is 11.5 Å². The van der Waals surface area contributed by atoms with E-state index in [1.165, 1.54) is 0 Å². The highest BCUT2D eigenvalue weighted by molar-refractivity contribution is 9.11. The molecule has 0 bridgehead atoms. The van der Waals surface area contributed by atoms with Crippen molar-refractivity contribution in [3.8, 4) is 0 Å². The molecule has 19 heavy (non-hydrogen) atoms. The topological polar surface area (TPSA) is 38.3 Å². The lowest BCUT2D eigenvalue weighted by Gasteiger charge is -2.28. The van der Waals surface area contributed by atoms with Crippen LogP contribution >= 0.6 is 31.9 Å². The molecule has 1 atom stereocenters. The monoisotopic (exact) mass is 389 g/mol. The molecule has 1 fully saturated rings. The van der Waals surface area contributed by atoms with Crippen molar-refractivity contribution in [3.63, 3.8) is 0 Å². The molecule has 1 aliphatic rings. The van der Waals surface area contributed by atoms with Gasteiger partial charge in [0, 0.05) is 33.8 Å². The Morgan fingerprint density at radius 1 is 1.26 bits per heavy atom. The van der Waals surface area contributed by atoms with E-state index in [1.807, 2.05) is 18.2 Å². The Hall–Kier alpha value is -0.390. The maximum atomic E-state index is 12.2. The molecular formula is C14H17Br2NO2. The lowest BCUT2D eigenvalue weighted by Crippen LogP contribution is -2.40. The van der Waals surface area contributed by atoms with E-state index in [-0.39, 0.29) is 11.9 Å². The number of nitrogens with one attached hydrogen (secondary N) is 1. The molecule has 2 rings (SSSR count). The molecule has 0 aromatic heterocycles. The van der Waals surface area contributed by atoms with Crippen LogP contribution in [-0.4, -0.2) is 25.2 Å². The summed E-state index contributed by atoms with van der Waals surface area (Å²) in [5, 5.41) is 3.08. The van der Waals surface area contributed by atoms with Crippen molar-refractivity contribution in [2.24, 2.45) is 5.92 Å². The number of hydrogen-bond acceptors (Lipinski definition) is 2. The van der Waals surface area contributed by atoms with Crippen LogP contribution in [0.1, 0.15) is 30.1 Å². The first kappa shape index (κ1) is 15.0. The van der Waals surface area contributed by atoms with Crippen molar-refractivity contribution in [2.45, 2.75) is 25.8 Å². The summed E-state index contributed by atoms with van der Waals surface area (Å²) in [4.78, 5) is 12.2. The van der Waals surface area contributed by atoms with Gasteiger partial charge in [-0.25, -0.2) is 0 Å². The van der Waals surface area contributed by atoms with E-state index in [4.69, 9.17) is 4.74 Å². The largest absolute Gasteiger partial charge is 0.381 e. The molecule has 104 valence electrons. The van der Waals surface area contributed by atoms with Gasteiger partial charge in [0.05, 0.1) is 0 Å². The molecule has 1 aliphatic heterocycles. The number of benzene rings is 1. The predicted octanol–water partition coefficient (Wildman–Crippen LogP) is 3.76. The fraction of sp³-hybridized carbons (Fsp3) is 0.500. The zero-order chi connectivity index (χ0) is 13.8. The third-order valence-electron chi connectivity index (χ3n) is 3.46. The Balaban J connectivity index is 1.99. The molecule has 1 heterocycles. The highest BCUT2D eigenvalue weighted by Gasteiger charge is 2.22. The minimum Gasteiger partial charge on any atom is -0.381 e. The normalized spacial score (nSPS) is 18.1. The van der Waals surface area contributed by atoms with Gasteiger partial charge in [-0.05, 0) is 43.9 Å². The van der Waals surface area contributed by atoms with Crippen LogP contribution in [0.25, 0.3) is 0 Å². The number of halogens is 2. The summed E-state index contributed by atoms with van der Waals surface area (Å²) < 4.78 is 7.13. The number of carbonyl (C=O) groups excluding carboxylic acids is 1. The van der Waals surface area contributed by atoms with Crippen LogP contribution in [0.3, 0.4) is 0 Å². The lowest BCUT2D eigenvalue weighted by atomic mass is 9.93. The molecule has 1 unspecified atom stereocenters. The second-order valence-corrected chi connectivity index (χ2v) is 6.70. The molecule has 1 aromatic carbocycles. The van der Waals surface area contributed by atoms with Gasteiger partial charge in [0.2, 0.25) is 0 Å². The molecule has 1 saturated heterocycles. The molecule has 1 amide bonds. The maximum absolute atomic E-state index is 12.2. The number of ether oxygens (including phenoxy) is 1. The summed E-state index contributed by atoms with van der Waals surface area (Å²) in [6, 6.07) is 5.75. The Kier molecular flexibility index (Phi) is 5.42. The molecule has 5 heteroatoms. The van der Waals surface area contributed by atoms with E-state index in [9.17, 15) is 4.79 Å². The minimum absolute atomic E-state index is 0.0269. The Morgan fingerprint density at radius 2 is 1.84 bits per heavy atom. The Labute approximate surface area is 130 Å². The quantitative estimate of drug-likeness (QED) is 0.853. The number of carbonyl (C=O) groups is 1. The number of hydrogen-bond donors (Lipinski definition) is 1. The van der Waals surface area contributed by atoms with Gasteiger partial charge >= 0.3 is 0 Å². The van der Waals surface area contributed by atoms with Gasteiger partial charge in [-0.1, -0.05) is 31.9 Å². The molecular weight excluding hydrogens is 374 g/mol. The van der Waals surface area contributed by atoms with Gasteiger partial charge in [-0.15, -0.1) is 0 Å².